The van der Waals surface area contributed by atoms with Gasteiger partial charge in [-0.25, -0.2) is 4.79 Å². The summed E-state index contributed by atoms with van der Waals surface area (Å²) in [5.41, 5.74) is 5.26. The Bertz CT molecular complexity index is 1250. The molecule has 1 N–H and O–H groups in total. The maximum atomic E-state index is 12.7. The molecule has 0 saturated heterocycles. The number of amides is 1. The fraction of sp³-hybridized carbons (Fsp3) is 0.190. The van der Waals surface area contributed by atoms with Crippen LogP contribution in [0.1, 0.15) is 27.3 Å². The topological polar surface area (TPSA) is 82.1 Å². The van der Waals surface area contributed by atoms with Gasteiger partial charge in [0.2, 0.25) is 0 Å². The standard InChI is InChI=1S/C21H20N4O3/c1-13-9-14(2)25(23-13)12-15-5-4-6-16(10-15)20(26)22-17-7-8-18-19(11-17)28-21(27)24(18)3/h4-11H,12H2,1-3H3,(H,22,26). The van der Waals surface area contributed by atoms with E-state index in [-0.39, 0.29) is 5.91 Å². The minimum absolute atomic E-state index is 0.229. The molecule has 0 unspecified atom stereocenters. The second kappa shape index (κ2) is 6.84. The molecule has 0 radical (unpaired) electrons. The van der Waals surface area contributed by atoms with E-state index in [0.717, 1.165) is 17.0 Å². The number of nitrogens with zero attached hydrogens (tertiary/aromatic N) is 3. The number of fused-ring (bicyclic) bond motifs is 1. The summed E-state index contributed by atoms with van der Waals surface area (Å²) in [5.74, 6) is -0.664. The summed E-state index contributed by atoms with van der Waals surface area (Å²) in [6.07, 6.45) is 0. The number of carbonyl (C=O) groups excluding carboxylic acids is 1. The van der Waals surface area contributed by atoms with Crippen molar-refractivity contribution in [1.82, 2.24) is 14.3 Å². The number of aromatic nitrogens is 3. The van der Waals surface area contributed by atoms with Crippen molar-refractivity contribution in [3.8, 4) is 0 Å². The van der Waals surface area contributed by atoms with Gasteiger partial charge in [0.1, 0.15) is 0 Å². The maximum absolute atomic E-state index is 12.7. The van der Waals surface area contributed by atoms with Gasteiger partial charge in [0.05, 0.1) is 17.8 Å². The van der Waals surface area contributed by atoms with Crippen LogP contribution in [0, 0.1) is 13.8 Å². The fourth-order valence-corrected chi connectivity index (χ4v) is 3.23. The van der Waals surface area contributed by atoms with Crippen molar-refractivity contribution in [2.24, 2.45) is 7.05 Å². The molecule has 2 heterocycles. The van der Waals surface area contributed by atoms with Crippen LogP contribution in [0.15, 0.2) is 57.7 Å². The molecule has 7 nitrogen and oxygen atoms in total. The van der Waals surface area contributed by atoms with Crippen LogP contribution in [0.4, 0.5) is 5.69 Å². The number of hydrogen-bond acceptors (Lipinski definition) is 4. The number of anilines is 1. The molecule has 4 rings (SSSR count). The Morgan fingerprint density at radius 1 is 1.14 bits per heavy atom. The zero-order chi connectivity index (χ0) is 19.8. The van der Waals surface area contributed by atoms with Crippen molar-refractivity contribution >= 4 is 22.7 Å². The predicted molar refractivity (Wildman–Crippen MR) is 107 cm³/mol. The van der Waals surface area contributed by atoms with Crippen LogP contribution < -0.4 is 11.1 Å². The van der Waals surface area contributed by atoms with Crippen LogP contribution in [0.3, 0.4) is 0 Å². The van der Waals surface area contributed by atoms with Gasteiger partial charge in [0.15, 0.2) is 5.58 Å². The minimum Gasteiger partial charge on any atom is -0.408 e. The molecule has 0 atom stereocenters. The van der Waals surface area contributed by atoms with Gasteiger partial charge in [-0.15, -0.1) is 0 Å². The Hall–Kier alpha value is -3.61. The Morgan fingerprint density at radius 2 is 1.96 bits per heavy atom. The number of carbonyl (C=O) groups is 1. The highest BCUT2D eigenvalue weighted by molar-refractivity contribution is 6.05. The SMILES string of the molecule is Cc1cc(C)n(Cc2cccc(C(=O)Nc3ccc4c(c3)oc(=O)n4C)c2)n1. The van der Waals surface area contributed by atoms with Crippen molar-refractivity contribution in [1.29, 1.82) is 0 Å². The maximum Gasteiger partial charge on any atom is 0.419 e. The zero-order valence-electron chi connectivity index (χ0n) is 15.9. The fourth-order valence-electron chi connectivity index (χ4n) is 3.23. The quantitative estimate of drug-likeness (QED) is 0.593. The lowest BCUT2D eigenvalue weighted by Crippen LogP contribution is -2.13. The van der Waals surface area contributed by atoms with E-state index in [0.29, 0.717) is 28.9 Å². The summed E-state index contributed by atoms with van der Waals surface area (Å²) in [7, 11) is 1.64. The Labute approximate surface area is 161 Å². The smallest absolute Gasteiger partial charge is 0.408 e. The Kier molecular flexibility index (Phi) is 4.35. The molecular formula is C21H20N4O3. The van der Waals surface area contributed by atoms with Gasteiger partial charge in [-0.1, -0.05) is 12.1 Å². The molecule has 0 fully saturated rings. The van der Waals surface area contributed by atoms with E-state index >= 15 is 0 Å². The number of benzene rings is 2. The molecule has 142 valence electrons. The first-order valence-electron chi connectivity index (χ1n) is 8.91. The summed E-state index contributed by atoms with van der Waals surface area (Å²) < 4.78 is 8.51. The van der Waals surface area contributed by atoms with Gasteiger partial charge in [-0.05, 0) is 49.7 Å². The molecule has 0 saturated carbocycles. The third-order valence-corrected chi connectivity index (χ3v) is 4.68. The molecule has 0 aliphatic heterocycles. The summed E-state index contributed by atoms with van der Waals surface area (Å²) in [5, 5.41) is 7.32. The van der Waals surface area contributed by atoms with E-state index in [9.17, 15) is 9.59 Å². The van der Waals surface area contributed by atoms with Crippen LogP contribution in [-0.4, -0.2) is 20.3 Å². The normalized spacial score (nSPS) is 11.1. The first-order valence-corrected chi connectivity index (χ1v) is 8.91. The number of hydrogen-bond donors (Lipinski definition) is 1. The van der Waals surface area contributed by atoms with Crippen LogP contribution in [0.25, 0.3) is 11.1 Å². The average Bonchev–Trinajstić information content (AvgIpc) is 3.12. The van der Waals surface area contributed by atoms with E-state index in [2.05, 4.69) is 10.4 Å². The first kappa shape index (κ1) is 17.8. The van der Waals surface area contributed by atoms with E-state index in [4.69, 9.17) is 4.42 Å². The van der Waals surface area contributed by atoms with Gasteiger partial charge in [-0.2, -0.15) is 5.10 Å². The van der Waals surface area contributed by atoms with Crippen molar-refractivity contribution in [3.63, 3.8) is 0 Å². The number of rotatable bonds is 4. The third kappa shape index (κ3) is 3.34. The van der Waals surface area contributed by atoms with E-state index < -0.39 is 5.76 Å². The summed E-state index contributed by atoms with van der Waals surface area (Å²) >= 11 is 0. The molecule has 1 amide bonds. The van der Waals surface area contributed by atoms with E-state index in [1.165, 1.54) is 4.57 Å². The summed E-state index contributed by atoms with van der Waals surface area (Å²) in [4.78, 5) is 24.3. The van der Waals surface area contributed by atoms with Crippen LogP contribution >= 0.6 is 0 Å². The van der Waals surface area contributed by atoms with Gasteiger partial charge in [0, 0.05) is 30.1 Å². The van der Waals surface area contributed by atoms with Crippen molar-refractivity contribution in [2.45, 2.75) is 20.4 Å². The second-order valence-corrected chi connectivity index (χ2v) is 6.85. The predicted octanol–water partition coefficient (Wildman–Crippen LogP) is 3.25. The van der Waals surface area contributed by atoms with Gasteiger partial charge >= 0.3 is 5.76 Å². The minimum atomic E-state index is -0.435. The third-order valence-electron chi connectivity index (χ3n) is 4.68. The monoisotopic (exact) mass is 376 g/mol. The van der Waals surface area contributed by atoms with Crippen molar-refractivity contribution in [3.05, 3.63) is 81.6 Å². The molecule has 0 spiro atoms. The first-order chi connectivity index (χ1) is 13.4. The lowest BCUT2D eigenvalue weighted by Gasteiger charge is -2.08. The highest BCUT2D eigenvalue weighted by atomic mass is 16.4. The average molecular weight is 376 g/mol. The molecule has 0 aliphatic carbocycles. The molecule has 0 bridgehead atoms. The molecule has 2 aromatic carbocycles. The highest BCUT2D eigenvalue weighted by Gasteiger charge is 2.11. The van der Waals surface area contributed by atoms with Gasteiger partial charge in [0.25, 0.3) is 5.91 Å². The van der Waals surface area contributed by atoms with Gasteiger partial charge in [-0.3, -0.25) is 14.0 Å². The number of nitrogens with one attached hydrogen (secondary N) is 1. The molecule has 4 aromatic rings. The highest BCUT2D eigenvalue weighted by Crippen LogP contribution is 2.19. The number of oxazole rings is 1. The summed E-state index contributed by atoms with van der Waals surface area (Å²) in [6, 6.07) is 14.6. The van der Waals surface area contributed by atoms with Crippen LogP contribution in [0.5, 0.6) is 0 Å². The van der Waals surface area contributed by atoms with E-state index in [1.807, 2.05) is 42.8 Å². The second-order valence-electron chi connectivity index (χ2n) is 6.85. The van der Waals surface area contributed by atoms with Crippen LogP contribution in [-0.2, 0) is 13.6 Å². The Balaban J connectivity index is 1.55. The molecule has 0 aliphatic rings. The van der Waals surface area contributed by atoms with Gasteiger partial charge < -0.3 is 9.73 Å². The van der Waals surface area contributed by atoms with E-state index in [1.54, 1.807) is 31.3 Å². The molecule has 7 heteroatoms. The molecule has 28 heavy (non-hydrogen) atoms. The van der Waals surface area contributed by atoms with Crippen molar-refractivity contribution < 1.29 is 9.21 Å². The molecular weight excluding hydrogens is 356 g/mol. The van der Waals surface area contributed by atoms with Crippen LogP contribution in [0.2, 0.25) is 0 Å². The lowest BCUT2D eigenvalue weighted by molar-refractivity contribution is 0.102. The number of aryl methyl sites for hydroxylation is 3. The summed E-state index contributed by atoms with van der Waals surface area (Å²) in [6.45, 7) is 4.57. The van der Waals surface area contributed by atoms with Crippen molar-refractivity contribution in [2.75, 3.05) is 5.32 Å². The zero-order valence-corrected chi connectivity index (χ0v) is 15.9. The largest absolute Gasteiger partial charge is 0.419 e. The molecule has 2 aromatic heterocycles. The lowest BCUT2D eigenvalue weighted by atomic mass is 10.1. The Morgan fingerprint density at radius 3 is 2.71 bits per heavy atom.